The number of halogens is 1. The van der Waals surface area contributed by atoms with Gasteiger partial charge in [-0.2, -0.15) is 5.26 Å². The largest absolute Gasteiger partial charge is 0.325 e. The number of imidazole rings is 1. The number of nitriles is 1. The maximum atomic E-state index is 13.1. The van der Waals surface area contributed by atoms with Gasteiger partial charge < -0.3 is 5.32 Å². The summed E-state index contributed by atoms with van der Waals surface area (Å²) >= 11 is 1.43. The third-order valence-electron chi connectivity index (χ3n) is 4.09. The highest BCUT2D eigenvalue weighted by molar-refractivity contribution is 7.15. The molecule has 0 bridgehead atoms. The molecular formula is C20H13FN4OS. The molecule has 2 aromatic heterocycles. The van der Waals surface area contributed by atoms with Gasteiger partial charge in [0.15, 0.2) is 4.96 Å². The number of carbonyl (C=O) groups excluding carboxylic acids is 1. The van der Waals surface area contributed by atoms with Crippen molar-refractivity contribution in [2.24, 2.45) is 0 Å². The molecule has 4 rings (SSSR count). The summed E-state index contributed by atoms with van der Waals surface area (Å²) in [5, 5.41) is 13.8. The van der Waals surface area contributed by atoms with Crippen LogP contribution in [0.2, 0.25) is 0 Å². The first-order valence-corrected chi connectivity index (χ1v) is 9.02. The first-order valence-electron chi connectivity index (χ1n) is 8.14. The second-order valence-corrected chi connectivity index (χ2v) is 6.73. The lowest BCUT2D eigenvalue weighted by Gasteiger charge is -2.06. The Balaban J connectivity index is 1.56. The number of anilines is 1. The monoisotopic (exact) mass is 376 g/mol. The molecule has 27 heavy (non-hydrogen) atoms. The van der Waals surface area contributed by atoms with Gasteiger partial charge in [-0.3, -0.25) is 9.20 Å². The SMILES string of the molecule is N#Cc1ccccc1NC(=O)Cc1csc2nc(-c3ccc(F)cc3)cn12. The first-order chi connectivity index (χ1) is 13.1. The molecule has 0 saturated carbocycles. The van der Waals surface area contributed by atoms with E-state index in [0.717, 1.165) is 21.9 Å². The van der Waals surface area contributed by atoms with Crippen molar-refractivity contribution in [3.8, 4) is 17.3 Å². The average molecular weight is 376 g/mol. The van der Waals surface area contributed by atoms with Gasteiger partial charge in [-0.25, -0.2) is 9.37 Å². The number of benzene rings is 2. The number of hydrogen-bond donors (Lipinski definition) is 1. The summed E-state index contributed by atoms with van der Waals surface area (Å²) in [6.07, 6.45) is 1.99. The van der Waals surface area contributed by atoms with E-state index in [4.69, 9.17) is 5.26 Å². The molecule has 0 atom stereocenters. The maximum Gasteiger partial charge on any atom is 0.230 e. The molecule has 0 unspecified atom stereocenters. The number of fused-ring (bicyclic) bond motifs is 1. The summed E-state index contributed by atoms with van der Waals surface area (Å²) in [4.78, 5) is 17.7. The van der Waals surface area contributed by atoms with Gasteiger partial charge in [0.1, 0.15) is 11.9 Å². The zero-order valence-electron chi connectivity index (χ0n) is 14.0. The van der Waals surface area contributed by atoms with Crippen LogP contribution in [0.1, 0.15) is 11.3 Å². The van der Waals surface area contributed by atoms with Gasteiger partial charge in [0.05, 0.1) is 23.4 Å². The fourth-order valence-electron chi connectivity index (χ4n) is 2.76. The highest BCUT2D eigenvalue weighted by atomic mass is 32.1. The van der Waals surface area contributed by atoms with Gasteiger partial charge in [0.25, 0.3) is 0 Å². The number of hydrogen-bond acceptors (Lipinski definition) is 4. The summed E-state index contributed by atoms with van der Waals surface area (Å²) in [5.74, 6) is -0.510. The summed E-state index contributed by atoms with van der Waals surface area (Å²) in [6.45, 7) is 0. The van der Waals surface area contributed by atoms with Crippen molar-refractivity contribution in [2.45, 2.75) is 6.42 Å². The summed E-state index contributed by atoms with van der Waals surface area (Å²) in [5.41, 5.74) is 3.24. The Morgan fingerprint density at radius 3 is 2.78 bits per heavy atom. The van der Waals surface area contributed by atoms with Crippen molar-refractivity contribution >= 4 is 27.9 Å². The summed E-state index contributed by atoms with van der Waals surface area (Å²) < 4.78 is 15.0. The number of nitrogens with zero attached hydrogens (tertiary/aromatic N) is 3. The van der Waals surface area contributed by atoms with E-state index >= 15 is 0 Å². The molecule has 2 aromatic carbocycles. The molecule has 1 N–H and O–H groups in total. The molecule has 5 nitrogen and oxygen atoms in total. The van der Waals surface area contributed by atoms with Crippen LogP contribution in [0.3, 0.4) is 0 Å². The smallest absolute Gasteiger partial charge is 0.230 e. The molecular weight excluding hydrogens is 363 g/mol. The minimum Gasteiger partial charge on any atom is -0.325 e. The van der Waals surface area contributed by atoms with Crippen LogP contribution in [0.25, 0.3) is 16.2 Å². The zero-order valence-corrected chi connectivity index (χ0v) is 14.8. The van der Waals surface area contributed by atoms with Crippen molar-refractivity contribution in [1.29, 1.82) is 5.26 Å². The van der Waals surface area contributed by atoms with E-state index in [9.17, 15) is 9.18 Å². The normalized spacial score (nSPS) is 10.7. The van der Waals surface area contributed by atoms with Crippen molar-refractivity contribution in [2.75, 3.05) is 5.32 Å². The average Bonchev–Trinajstić information content (AvgIpc) is 3.25. The van der Waals surface area contributed by atoms with Gasteiger partial charge in [-0.05, 0) is 36.4 Å². The number of nitrogens with one attached hydrogen (secondary N) is 1. The number of thiazole rings is 1. The topological polar surface area (TPSA) is 70.2 Å². The van der Waals surface area contributed by atoms with Crippen LogP contribution in [-0.2, 0) is 11.2 Å². The first kappa shape index (κ1) is 16.9. The van der Waals surface area contributed by atoms with Crippen LogP contribution >= 0.6 is 11.3 Å². The Labute approximate surface area is 158 Å². The van der Waals surface area contributed by atoms with Crippen molar-refractivity contribution in [1.82, 2.24) is 9.38 Å². The Morgan fingerprint density at radius 2 is 2.00 bits per heavy atom. The molecule has 0 fully saturated rings. The van der Waals surface area contributed by atoms with E-state index in [-0.39, 0.29) is 18.1 Å². The molecule has 4 aromatic rings. The van der Waals surface area contributed by atoms with Gasteiger partial charge in [-0.1, -0.05) is 12.1 Å². The second-order valence-electron chi connectivity index (χ2n) is 5.89. The maximum absolute atomic E-state index is 13.1. The third kappa shape index (κ3) is 3.43. The number of rotatable bonds is 4. The van der Waals surface area contributed by atoms with Crippen molar-refractivity contribution in [3.05, 3.63) is 77.2 Å². The van der Waals surface area contributed by atoms with Crippen LogP contribution in [0.4, 0.5) is 10.1 Å². The third-order valence-corrected chi connectivity index (χ3v) is 4.98. The predicted octanol–water partition coefficient (Wildman–Crippen LogP) is 4.25. The minimum atomic E-state index is -0.296. The Kier molecular flexibility index (Phi) is 4.40. The molecule has 1 amide bonds. The molecule has 0 spiro atoms. The van der Waals surface area contributed by atoms with Crippen LogP contribution in [-0.4, -0.2) is 15.3 Å². The van der Waals surface area contributed by atoms with E-state index < -0.39 is 0 Å². The lowest BCUT2D eigenvalue weighted by Crippen LogP contribution is -2.16. The van der Waals surface area contributed by atoms with Crippen LogP contribution in [0.5, 0.6) is 0 Å². The summed E-state index contributed by atoms with van der Waals surface area (Å²) in [7, 11) is 0. The van der Waals surface area contributed by atoms with Crippen molar-refractivity contribution in [3.63, 3.8) is 0 Å². The van der Waals surface area contributed by atoms with E-state index in [1.54, 1.807) is 36.4 Å². The molecule has 0 aliphatic rings. The number of aromatic nitrogens is 2. The molecule has 0 aliphatic carbocycles. The Hall–Kier alpha value is -3.50. The van der Waals surface area contributed by atoms with Crippen LogP contribution in [0.15, 0.2) is 60.1 Å². The van der Waals surface area contributed by atoms with Gasteiger partial charge in [0, 0.05) is 22.8 Å². The van der Waals surface area contributed by atoms with Gasteiger partial charge >= 0.3 is 0 Å². The molecule has 132 valence electrons. The predicted molar refractivity (Wildman–Crippen MR) is 102 cm³/mol. The minimum absolute atomic E-state index is 0.152. The number of amides is 1. The highest BCUT2D eigenvalue weighted by Gasteiger charge is 2.13. The molecule has 0 aliphatic heterocycles. The Bertz CT molecular complexity index is 1170. The van der Waals surface area contributed by atoms with E-state index in [1.165, 1.54) is 23.5 Å². The standard InChI is InChI=1S/C20H13FN4OS/c21-15-7-5-13(6-8-15)18-11-25-16(12-27-20(25)24-18)9-19(26)23-17-4-2-1-3-14(17)10-22/h1-8,11-12H,9H2,(H,23,26). The van der Waals surface area contributed by atoms with E-state index in [0.29, 0.717) is 11.3 Å². The van der Waals surface area contributed by atoms with Crippen molar-refractivity contribution < 1.29 is 9.18 Å². The number of carbonyl (C=O) groups is 1. The zero-order chi connectivity index (χ0) is 18.8. The van der Waals surface area contributed by atoms with Gasteiger partial charge in [0.2, 0.25) is 5.91 Å². The Morgan fingerprint density at radius 1 is 1.22 bits per heavy atom. The molecule has 2 heterocycles. The van der Waals surface area contributed by atoms with Gasteiger partial charge in [-0.15, -0.1) is 11.3 Å². The van der Waals surface area contributed by atoms with Crippen LogP contribution < -0.4 is 5.32 Å². The molecule has 7 heteroatoms. The second kappa shape index (κ2) is 7.02. The lowest BCUT2D eigenvalue weighted by atomic mass is 10.2. The quantitative estimate of drug-likeness (QED) is 0.579. The van der Waals surface area contributed by atoms with E-state index in [2.05, 4.69) is 16.4 Å². The summed E-state index contributed by atoms with van der Waals surface area (Å²) in [6, 6.07) is 15.1. The number of para-hydroxylation sites is 1. The van der Waals surface area contributed by atoms with E-state index in [1.807, 2.05) is 16.0 Å². The lowest BCUT2D eigenvalue weighted by molar-refractivity contribution is -0.115. The fourth-order valence-corrected chi connectivity index (χ4v) is 3.64. The fraction of sp³-hybridized carbons (Fsp3) is 0.0500. The molecule has 0 radical (unpaired) electrons. The highest BCUT2D eigenvalue weighted by Crippen LogP contribution is 2.24. The van der Waals surface area contributed by atoms with Crippen LogP contribution in [0, 0.1) is 17.1 Å². The molecule has 0 saturated heterocycles.